The SMILES string of the molecule is O=C(N[C@H]1CCCNC1)c1cc(F)c(F)cc1I. The molecule has 0 spiro atoms. The Kier molecular flexibility index (Phi) is 4.50. The molecule has 98 valence electrons. The summed E-state index contributed by atoms with van der Waals surface area (Å²) in [6, 6.07) is 2.03. The fourth-order valence-corrected chi connectivity index (χ4v) is 2.61. The van der Waals surface area contributed by atoms with Gasteiger partial charge in [-0.3, -0.25) is 4.79 Å². The second-order valence-corrected chi connectivity index (χ2v) is 5.43. The summed E-state index contributed by atoms with van der Waals surface area (Å²) in [7, 11) is 0. The van der Waals surface area contributed by atoms with Crippen LogP contribution in [0.25, 0.3) is 0 Å². The zero-order valence-corrected chi connectivity index (χ0v) is 11.8. The first-order valence-corrected chi connectivity index (χ1v) is 6.82. The maximum absolute atomic E-state index is 13.1. The molecule has 6 heteroatoms. The molecule has 18 heavy (non-hydrogen) atoms. The van der Waals surface area contributed by atoms with Gasteiger partial charge in [-0.05, 0) is 54.1 Å². The van der Waals surface area contributed by atoms with Crippen LogP contribution in [0, 0.1) is 15.2 Å². The minimum absolute atomic E-state index is 0.0511. The van der Waals surface area contributed by atoms with Gasteiger partial charge in [-0.25, -0.2) is 8.78 Å². The summed E-state index contributed by atoms with van der Waals surface area (Å²) in [5, 5.41) is 6.00. The molecule has 1 aromatic rings. The third-order valence-corrected chi connectivity index (χ3v) is 3.78. The summed E-state index contributed by atoms with van der Waals surface area (Å²) >= 11 is 1.83. The number of rotatable bonds is 2. The van der Waals surface area contributed by atoms with Crippen LogP contribution in [0.2, 0.25) is 0 Å². The quantitative estimate of drug-likeness (QED) is 0.622. The first kappa shape index (κ1) is 13.7. The first-order chi connectivity index (χ1) is 8.58. The molecule has 0 saturated carbocycles. The fourth-order valence-electron chi connectivity index (χ4n) is 1.93. The highest BCUT2D eigenvalue weighted by molar-refractivity contribution is 14.1. The van der Waals surface area contributed by atoms with Gasteiger partial charge in [-0.2, -0.15) is 0 Å². The molecular formula is C12H13F2IN2O. The van der Waals surface area contributed by atoms with E-state index < -0.39 is 11.6 Å². The van der Waals surface area contributed by atoms with E-state index in [0.29, 0.717) is 10.1 Å². The number of carbonyl (C=O) groups excluding carboxylic acids is 1. The van der Waals surface area contributed by atoms with Gasteiger partial charge in [0.15, 0.2) is 11.6 Å². The van der Waals surface area contributed by atoms with Crippen LogP contribution >= 0.6 is 22.6 Å². The number of benzene rings is 1. The molecule has 1 aromatic carbocycles. The number of hydrogen-bond acceptors (Lipinski definition) is 2. The average Bonchev–Trinajstić information content (AvgIpc) is 2.35. The second kappa shape index (κ2) is 5.92. The van der Waals surface area contributed by atoms with E-state index in [1.807, 2.05) is 22.6 Å². The van der Waals surface area contributed by atoms with Gasteiger partial charge in [0.1, 0.15) is 0 Å². The van der Waals surface area contributed by atoms with Crippen molar-refractivity contribution >= 4 is 28.5 Å². The average molecular weight is 366 g/mol. The van der Waals surface area contributed by atoms with E-state index >= 15 is 0 Å². The van der Waals surface area contributed by atoms with E-state index in [0.717, 1.165) is 31.5 Å². The van der Waals surface area contributed by atoms with Crippen molar-refractivity contribution in [1.29, 1.82) is 0 Å². The molecule has 0 unspecified atom stereocenters. The normalized spacial score (nSPS) is 19.6. The van der Waals surface area contributed by atoms with Crippen molar-refractivity contribution in [2.75, 3.05) is 13.1 Å². The molecule has 0 bridgehead atoms. The van der Waals surface area contributed by atoms with Crippen LogP contribution in [0.15, 0.2) is 12.1 Å². The van der Waals surface area contributed by atoms with Gasteiger partial charge in [0.25, 0.3) is 5.91 Å². The third kappa shape index (κ3) is 3.17. The maximum Gasteiger partial charge on any atom is 0.252 e. The number of hydrogen-bond donors (Lipinski definition) is 2. The van der Waals surface area contributed by atoms with E-state index in [-0.39, 0.29) is 17.5 Å². The minimum atomic E-state index is -0.998. The molecule has 2 N–H and O–H groups in total. The van der Waals surface area contributed by atoms with Gasteiger partial charge in [-0.1, -0.05) is 0 Å². The lowest BCUT2D eigenvalue weighted by Gasteiger charge is -2.24. The largest absolute Gasteiger partial charge is 0.348 e. The molecule has 1 fully saturated rings. The number of piperidine rings is 1. The van der Waals surface area contributed by atoms with Crippen LogP contribution in [0.4, 0.5) is 8.78 Å². The summed E-state index contributed by atoms with van der Waals surface area (Å²) in [6.45, 7) is 1.67. The zero-order chi connectivity index (χ0) is 13.1. The summed E-state index contributed by atoms with van der Waals surface area (Å²) in [5.74, 6) is -2.29. The van der Waals surface area contributed by atoms with Crippen molar-refractivity contribution in [3.05, 3.63) is 32.9 Å². The molecule has 1 heterocycles. The van der Waals surface area contributed by atoms with Gasteiger partial charge >= 0.3 is 0 Å². The van der Waals surface area contributed by atoms with E-state index in [1.54, 1.807) is 0 Å². The van der Waals surface area contributed by atoms with Crippen molar-refractivity contribution < 1.29 is 13.6 Å². The first-order valence-electron chi connectivity index (χ1n) is 5.74. The fraction of sp³-hybridized carbons (Fsp3) is 0.417. The van der Waals surface area contributed by atoms with Crippen LogP contribution in [0.3, 0.4) is 0 Å². The summed E-state index contributed by atoms with van der Waals surface area (Å²) in [5.41, 5.74) is 0.181. The number of halogens is 3. The third-order valence-electron chi connectivity index (χ3n) is 2.89. The Morgan fingerprint density at radius 1 is 1.39 bits per heavy atom. The maximum atomic E-state index is 13.1. The molecule has 0 aromatic heterocycles. The predicted octanol–water partition coefficient (Wildman–Crippen LogP) is 2.05. The molecule has 1 aliphatic heterocycles. The Morgan fingerprint density at radius 3 is 2.78 bits per heavy atom. The minimum Gasteiger partial charge on any atom is -0.348 e. The van der Waals surface area contributed by atoms with Crippen molar-refractivity contribution in [2.24, 2.45) is 0 Å². The molecule has 1 saturated heterocycles. The summed E-state index contributed by atoms with van der Waals surface area (Å²) < 4.78 is 26.5. The lowest BCUT2D eigenvalue weighted by atomic mass is 10.1. The Hall–Kier alpha value is -0.760. The summed E-state index contributed by atoms with van der Waals surface area (Å²) in [6.07, 6.45) is 1.90. The van der Waals surface area contributed by atoms with Crippen molar-refractivity contribution in [3.8, 4) is 0 Å². The molecule has 3 nitrogen and oxygen atoms in total. The standard InChI is InChI=1S/C12H13F2IN2O/c13-9-4-8(11(15)5-10(9)14)12(18)17-7-2-1-3-16-6-7/h4-5,7,16H,1-3,6H2,(H,17,18)/t7-/m0/s1. The predicted molar refractivity (Wildman–Crippen MR) is 72.4 cm³/mol. The number of carbonyl (C=O) groups is 1. The van der Waals surface area contributed by atoms with E-state index in [1.165, 1.54) is 0 Å². The van der Waals surface area contributed by atoms with Crippen molar-refractivity contribution in [3.63, 3.8) is 0 Å². The molecular weight excluding hydrogens is 353 g/mol. The van der Waals surface area contributed by atoms with Crippen molar-refractivity contribution in [1.82, 2.24) is 10.6 Å². The molecule has 0 radical (unpaired) electrons. The van der Waals surface area contributed by atoms with Gasteiger partial charge in [0.2, 0.25) is 0 Å². The van der Waals surface area contributed by atoms with Crippen LogP contribution in [-0.2, 0) is 0 Å². The van der Waals surface area contributed by atoms with Crippen LogP contribution in [0.1, 0.15) is 23.2 Å². The number of amides is 1. The van der Waals surface area contributed by atoms with Crippen LogP contribution in [-0.4, -0.2) is 25.0 Å². The highest BCUT2D eigenvalue weighted by atomic mass is 127. The summed E-state index contributed by atoms with van der Waals surface area (Å²) in [4.78, 5) is 12.0. The zero-order valence-electron chi connectivity index (χ0n) is 9.60. The molecule has 1 atom stereocenters. The van der Waals surface area contributed by atoms with Crippen molar-refractivity contribution in [2.45, 2.75) is 18.9 Å². The Balaban J connectivity index is 2.10. The van der Waals surface area contributed by atoms with E-state index in [9.17, 15) is 13.6 Å². The van der Waals surface area contributed by atoms with Gasteiger partial charge in [-0.15, -0.1) is 0 Å². The van der Waals surface area contributed by atoms with Crippen LogP contribution in [0.5, 0.6) is 0 Å². The lowest BCUT2D eigenvalue weighted by Crippen LogP contribution is -2.45. The molecule has 2 rings (SSSR count). The monoisotopic (exact) mass is 366 g/mol. The van der Waals surface area contributed by atoms with E-state index in [2.05, 4.69) is 10.6 Å². The highest BCUT2D eigenvalue weighted by Gasteiger charge is 2.19. The second-order valence-electron chi connectivity index (χ2n) is 4.26. The Morgan fingerprint density at radius 2 is 2.11 bits per heavy atom. The smallest absolute Gasteiger partial charge is 0.252 e. The highest BCUT2D eigenvalue weighted by Crippen LogP contribution is 2.17. The molecule has 1 aliphatic rings. The van der Waals surface area contributed by atoms with Gasteiger partial charge in [0, 0.05) is 16.2 Å². The van der Waals surface area contributed by atoms with Gasteiger partial charge in [0.05, 0.1) is 5.56 Å². The molecule has 0 aliphatic carbocycles. The Bertz CT molecular complexity index is 462. The topological polar surface area (TPSA) is 41.1 Å². The number of nitrogens with one attached hydrogen (secondary N) is 2. The molecule has 1 amide bonds. The lowest BCUT2D eigenvalue weighted by molar-refractivity contribution is 0.0929. The van der Waals surface area contributed by atoms with Gasteiger partial charge < -0.3 is 10.6 Å². The van der Waals surface area contributed by atoms with Crippen LogP contribution < -0.4 is 10.6 Å². The Labute approximate surface area is 117 Å². The van der Waals surface area contributed by atoms with E-state index in [4.69, 9.17) is 0 Å².